The lowest BCUT2D eigenvalue weighted by molar-refractivity contribution is 0.628. The predicted octanol–water partition coefficient (Wildman–Crippen LogP) is 3.31. The molecule has 0 radical (unpaired) electrons. The number of nitrogens with two attached hydrogens (primary N) is 1. The highest BCUT2D eigenvalue weighted by atomic mass is 32.1. The summed E-state index contributed by atoms with van der Waals surface area (Å²) in [5.41, 5.74) is 7.43. The molecule has 0 aliphatic heterocycles. The lowest BCUT2D eigenvalue weighted by Crippen LogP contribution is -2.09. The van der Waals surface area contributed by atoms with Gasteiger partial charge in [0, 0.05) is 17.0 Å². The van der Waals surface area contributed by atoms with Gasteiger partial charge in [0.05, 0.1) is 5.69 Å². The first kappa shape index (κ1) is 12.0. The third-order valence-electron chi connectivity index (χ3n) is 2.18. The Bertz CT molecular complexity index is 514. The largest absolute Gasteiger partial charge is 0.325 e. The molecule has 88 valence electrons. The monoisotopic (exact) mass is 248 g/mol. The lowest BCUT2D eigenvalue weighted by Gasteiger charge is -1.95. The van der Waals surface area contributed by atoms with Crippen molar-refractivity contribution in [3.8, 4) is 10.6 Å². The Morgan fingerprint density at radius 2 is 2.06 bits per heavy atom. The van der Waals surface area contributed by atoms with E-state index in [-0.39, 0.29) is 11.9 Å². The van der Waals surface area contributed by atoms with Crippen LogP contribution >= 0.6 is 11.3 Å². The van der Waals surface area contributed by atoms with E-state index < -0.39 is 0 Å². The van der Waals surface area contributed by atoms with Crippen molar-refractivity contribution >= 4 is 17.4 Å². The minimum Gasteiger partial charge on any atom is -0.325 e. The van der Waals surface area contributed by atoms with Gasteiger partial charge >= 0.3 is 0 Å². The fourth-order valence-electron chi connectivity index (χ4n) is 1.34. The van der Waals surface area contributed by atoms with E-state index in [1.54, 1.807) is 12.1 Å². The van der Waals surface area contributed by atoms with Gasteiger partial charge in [0.1, 0.15) is 10.8 Å². The van der Waals surface area contributed by atoms with E-state index >= 15 is 0 Å². The Kier molecular flexibility index (Phi) is 3.66. The molecule has 2 N–H and O–H groups in total. The third-order valence-corrected chi connectivity index (χ3v) is 3.09. The molecule has 0 bridgehead atoms. The van der Waals surface area contributed by atoms with E-state index in [1.807, 2.05) is 24.5 Å². The summed E-state index contributed by atoms with van der Waals surface area (Å²) < 4.78 is 12.8. The maximum Gasteiger partial charge on any atom is 0.124 e. The van der Waals surface area contributed by atoms with Crippen LogP contribution in [0, 0.1) is 5.82 Å². The van der Waals surface area contributed by atoms with Crippen LogP contribution in [-0.4, -0.2) is 11.0 Å². The van der Waals surface area contributed by atoms with E-state index in [4.69, 9.17) is 5.73 Å². The summed E-state index contributed by atoms with van der Waals surface area (Å²) in [7, 11) is 0. The van der Waals surface area contributed by atoms with Crippen molar-refractivity contribution in [2.75, 3.05) is 0 Å². The van der Waals surface area contributed by atoms with Crippen LogP contribution in [0.1, 0.15) is 12.6 Å². The summed E-state index contributed by atoms with van der Waals surface area (Å²) in [6.07, 6.45) is 3.79. The Balaban J connectivity index is 2.21. The molecule has 0 spiro atoms. The molecule has 0 aliphatic rings. The van der Waals surface area contributed by atoms with Crippen LogP contribution in [-0.2, 0) is 0 Å². The highest BCUT2D eigenvalue weighted by Crippen LogP contribution is 2.24. The molecule has 17 heavy (non-hydrogen) atoms. The first-order valence-electron chi connectivity index (χ1n) is 5.30. The predicted molar refractivity (Wildman–Crippen MR) is 70.2 cm³/mol. The Morgan fingerprint density at radius 3 is 2.71 bits per heavy atom. The van der Waals surface area contributed by atoms with Gasteiger partial charge in [-0.1, -0.05) is 6.08 Å². The zero-order valence-corrected chi connectivity index (χ0v) is 10.2. The summed E-state index contributed by atoms with van der Waals surface area (Å²) in [4.78, 5) is 4.44. The van der Waals surface area contributed by atoms with Gasteiger partial charge < -0.3 is 5.73 Å². The minimum atomic E-state index is -0.234. The van der Waals surface area contributed by atoms with E-state index in [2.05, 4.69) is 4.98 Å². The van der Waals surface area contributed by atoms with Crippen LogP contribution in [0.15, 0.2) is 35.7 Å². The molecule has 1 atom stereocenters. The molecule has 0 amide bonds. The molecular weight excluding hydrogens is 235 g/mol. The Labute approximate surface area is 104 Å². The Hall–Kier alpha value is -1.52. The maximum atomic E-state index is 12.8. The van der Waals surface area contributed by atoms with Gasteiger partial charge in [-0.3, -0.25) is 0 Å². The SMILES string of the molecule is CC(N)/C=C/c1csc(-c2ccc(F)cc2)n1. The van der Waals surface area contributed by atoms with Crippen molar-refractivity contribution in [2.45, 2.75) is 13.0 Å². The van der Waals surface area contributed by atoms with Crippen molar-refractivity contribution < 1.29 is 4.39 Å². The second kappa shape index (κ2) is 5.21. The van der Waals surface area contributed by atoms with E-state index in [0.29, 0.717) is 0 Å². The summed E-state index contributed by atoms with van der Waals surface area (Å²) in [6.45, 7) is 1.91. The molecule has 0 aliphatic carbocycles. The van der Waals surface area contributed by atoms with Crippen molar-refractivity contribution in [3.05, 3.63) is 47.2 Å². The van der Waals surface area contributed by atoms with E-state index in [1.165, 1.54) is 23.5 Å². The standard InChI is InChI=1S/C13H13FN2S/c1-9(15)2-7-12-8-17-13(16-12)10-3-5-11(14)6-4-10/h2-9H,15H2,1H3/b7-2+. The number of nitrogens with zero attached hydrogens (tertiary/aromatic N) is 1. The van der Waals surface area contributed by atoms with Crippen LogP contribution in [0.3, 0.4) is 0 Å². The first-order valence-corrected chi connectivity index (χ1v) is 6.18. The average molecular weight is 248 g/mol. The molecule has 1 aromatic carbocycles. The molecule has 0 fully saturated rings. The molecular formula is C13H13FN2S. The van der Waals surface area contributed by atoms with E-state index in [0.717, 1.165) is 16.3 Å². The highest BCUT2D eigenvalue weighted by Gasteiger charge is 2.03. The second-order valence-electron chi connectivity index (χ2n) is 3.80. The summed E-state index contributed by atoms with van der Waals surface area (Å²) in [5, 5.41) is 2.84. The number of halogens is 1. The molecule has 2 rings (SSSR count). The van der Waals surface area contributed by atoms with Crippen molar-refractivity contribution in [1.29, 1.82) is 0 Å². The fraction of sp³-hybridized carbons (Fsp3) is 0.154. The zero-order chi connectivity index (χ0) is 12.3. The molecule has 1 aromatic heterocycles. The first-order chi connectivity index (χ1) is 8.15. The topological polar surface area (TPSA) is 38.9 Å². The quantitative estimate of drug-likeness (QED) is 0.905. The van der Waals surface area contributed by atoms with Crippen molar-refractivity contribution in [3.63, 3.8) is 0 Å². The number of hydrogen-bond acceptors (Lipinski definition) is 3. The van der Waals surface area contributed by atoms with E-state index in [9.17, 15) is 4.39 Å². The van der Waals surface area contributed by atoms with Crippen molar-refractivity contribution in [2.24, 2.45) is 5.73 Å². The van der Waals surface area contributed by atoms with Crippen LogP contribution in [0.25, 0.3) is 16.6 Å². The molecule has 2 aromatic rings. The smallest absolute Gasteiger partial charge is 0.124 e. The zero-order valence-electron chi connectivity index (χ0n) is 9.43. The van der Waals surface area contributed by atoms with Gasteiger partial charge in [0.2, 0.25) is 0 Å². The van der Waals surface area contributed by atoms with Gasteiger partial charge in [0.15, 0.2) is 0 Å². The van der Waals surface area contributed by atoms with Gasteiger partial charge in [-0.15, -0.1) is 11.3 Å². The molecule has 2 nitrogen and oxygen atoms in total. The van der Waals surface area contributed by atoms with Crippen LogP contribution in [0.4, 0.5) is 4.39 Å². The number of aromatic nitrogens is 1. The van der Waals surface area contributed by atoms with Crippen LogP contribution in [0.5, 0.6) is 0 Å². The molecule has 0 saturated carbocycles. The van der Waals surface area contributed by atoms with Gasteiger partial charge in [0.25, 0.3) is 0 Å². The average Bonchev–Trinajstić information content (AvgIpc) is 2.76. The van der Waals surface area contributed by atoms with Gasteiger partial charge in [-0.2, -0.15) is 0 Å². The number of thiazole rings is 1. The van der Waals surface area contributed by atoms with Crippen LogP contribution < -0.4 is 5.73 Å². The lowest BCUT2D eigenvalue weighted by atomic mass is 10.2. The molecule has 4 heteroatoms. The second-order valence-corrected chi connectivity index (χ2v) is 4.66. The fourth-order valence-corrected chi connectivity index (χ4v) is 2.13. The maximum absolute atomic E-state index is 12.8. The molecule has 1 heterocycles. The third kappa shape index (κ3) is 3.22. The summed E-state index contributed by atoms with van der Waals surface area (Å²) >= 11 is 1.53. The number of hydrogen-bond donors (Lipinski definition) is 1. The summed E-state index contributed by atoms with van der Waals surface area (Å²) in [6, 6.07) is 6.36. The number of benzene rings is 1. The van der Waals surface area contributed by atoms with Gasteiger partial charge in [-0.05, 0) is 37.3 Å². The minimum absolute atomic E-state index is 0.0194. The normalized spacial score (nSPS) is 13.1. The molecule has 0 saturated heterocycles. The number of rotatable bonds is 3. The van der Waals surface area contributed by atoms with Gasteiger partial charge in [-0.25, -0.2) is 9.37 Å². The summed E-state index contributed by atoms with van der Waals surface area (Å²) in [5.74, 6) is -0.234. The van der Waals surface area contributed by atoms with Crippen LogP contribution in [0.2, 0.25) is 0 Å². The Morgan fingerprint density at radius 1 is 1.35 bits per heavy atom. The molecule has 1 unspecified atom stereocenters. The highest BCUT2D eigenvalue weighted by molar-refractivity contribution is 7.13. The van der Waals surface area contributed by atoms with Crippen molar-refractivity contribution in [1.82, 2.24) is 4.98 Å².